The van der Waals surface area contributed by atoms with E-state index in [2.05, 4.69) is 23.3 Å². The Morgan fingerprint density at radius 1 is 1.15 bits per heavy atom. The Morgan fingerprint density at radius 3 is 2.63 bits per heavy atom. The molecule has 1 saturated carbocycles. The highest BCUT2D eigenvalue weighted by Crippen LogP contribution is 2.30. The van der Waals surface area contributed by atoms with Gasteiger partial charge in [0, 0.05) is 18.1 Å². The molecule has 0 bridgehead atoms. The summed E-state index contributed by atoms with van der Waals surface area (Å²) in [4.78, 5) is 16.9. The van der Waals surface area contributed by atoms with Crippen molar-refractivity contribution in [3.8, 4) is 11.3 Å². The zero-order chi connectivity index (χ0) is 18.8. The number of fused-ring (bicyclic) bond motifs is 1. The molecule has 0 spiro atoms. The Labute approximate surface area is 159 Å². The van der Waals surface area contributed by atoms with Crippen LogP contribution < -0.4 is 11.1 Å². The highest BCUT2D eigenvalue weighted by molar-refractivity contribution is 5.95. The largest absolute Gasteiger partial charge is 0.325 e. The fraction of sp³-hybridized carbons (Fsp3) is 0.364. The van der Waals surface area contributed by atoms with Gasteiger partial charge in [0.05, 0.1) is 11.7 Å². The van der Waals surface area contributed by atoms with Crippen molar-refractivity contribution in [2.75, 3.05) is 5.32 Å². The fourth-order valence-electron chi connectivity index (χ4n) is 3.99. The Bertz CT molecular complexity index is 923. The average molecular weight is 362 g/mol. The van der Waals surface area contributed by atoms with Gasteiger partial charge in [-0.3, -0.25) is 9.20 Å². The number of anilines is 1. The normalized spacial score (nSPS) is 21.1. The molecular formula is C22H26N4O. The lowest BCUT2D eigenvalue weighted by atomic mass is 9.79. The lowest BCUT2D eigenvalue weighted by Gasteiger charge is -2.29. The van der Waals surface area contributed by atoms with E-state index in [4.69, 9.17) is 5.73 Å². The van der Waals surface area contributed by atoms with E-state index in [1.807, 2.05) is 47.0 Å². The van der Waals surface area contributed by atoms with Gasteiger partial charge in [-0.1, -0.05) is 38.0 Å². The van der Waals surface area contributed by atoms with Gasteiger partial charge in [-0.05, 0) is 54.5 Å². The van der Waals surface area contributed by atoms with Crippen molar-refractivity contribution >= 4 is 17.2 Å². The zero-order valence-corrected chi connectivity index (χ0v) is 15.6. The Morgan fingerprint density at radius 2 is 1.89 bits per heavy atom. The first-order valence-corrected chi connectivity index (χ1v) is 9.71. The van der Waals surface area contributed by atoms with Crippen LogP contribution in [0.2, 0.25) is 0 Å². The van der Waals surface area contributed by atoms with Crippen LogP contribution in [0.25, 0.3) is 16.9 Å². The number of imidazole rings is 1. The minimum absolute atomic E-state index is 0.0842. The minimum Gasteiger partial charge on any atom is -0.325 e. The molecule has 5 heteroatoms. The van der Waals surface area contributed by atoms with Gasteiger partial charge in [0.1, 0.15) is 5.65 Å². The minimum atomic E-state index is -0.433. The molecule has 1 aliphatic carbocycles. The van der Waals surface area contributed by atoms with Crippen LogP contribution in [0.3, 0.4) is 0 Å². The van der Waals surface area contributed by atoms with Crippen molar-refractivity contribution < 1.29 is 4.79 Å². The number of nitrogens with zero attached hydrogens (tertiary/aromatic N) is 2. The van der Waals surface area contributed by atoms with Gasteiger partial charge in [-0.15, -0.1) is 0 Å². The topological polar surface area (TPSA) is 72.4 Å². The molecule has 5 nitrogen and oxygen atoms in total. The summed E-state index contributed by atoms with van der Waals surface area (Å²) < 4.78 is 2.05. The van der Waals surface area contributed by atoms with Crippen molar-refractivity contribution in [3.05, 3.63) is 54.9 Å². The number of nitrogens with one attached hydrogen (secondary N) is 1. The van der Waals surface area contributed by atoms with Crippen LogP contribution in [0.4, 0.5) is 5.69 Å². The summed E-state index contributed by atoms with van der Waals surface area (Å²) in [5.74, 6) is 0.960. The van der Waals surface area contributed by atoms with E-state index in [1.165, 1.54) is 12.8 Å². The standard InChI is InChI=1S/C22H26N4O/c1-15-5-7-17(8-6-15)21(23)22(27)25-18-11-9-16(10-12-18)19-3-2-4-20-24-13-14-26(19)20/h2-4,9-15,17,21H,5-8,23H2,1H3,(H,25,27). The van der Waals surface area contributed by atoms with E-state index in [1.54, 1.807) is 6.20 Å². The van der Waals surface area contributed by atoms with E-state index in [0.29, 0.717) is 5.92 Å². The highest BCUT2D eigenvalue weighted by atomic mass is 16.2. The third-order valence-electron chi connectivity index (χ3n) is 5.75. The molecule has 2 heterocycles. The molecule has 0 radical (unpaired) electrons. The monoisotopic (exact) mass is 362 g/mol. The van der Waals surface area contributed by atoms with Gasteiger partial charge in [-0.25, -0.2) is 4.98 Å². The summed E-state index contributed by atoms with van der Waals surface area (Å²) in [7, 11) is 0. The van der Waals surface area contributed by atoms with Gasteiger partial charge in [0.2, 0.25) is 5.91 Å². The lowest BCUT2D eigenvalue weighted by molar-refractivity contribution is -0.118. The maximum absolute atomic E-state index is 12.5. The maximum Gasteiger partial charge on any atom is 0.241 e. The summed E-state index contributed by atoms with van der Waals surface area (Å²) >= 11 is 0. The molecular weight excluding hydrogens is 336 g/mol. The molecule has 3 N–H and O–H groups in total. The number of pyridine rings is 1. The van der Waals surface area contributed by atoms with Crippen molar-refractivity contribution in [2.45, 2.75) is 38.6 Å². The van der Waals surface area contributed by atoms with Crippen LogP contribution in [0.5, 0.6) is 0 Å². The molecule has 4 rings (SSSR count). The molecule has 27 heavy (non-hydrogen) atoms. The van der Waals surface area contributed by atoms with E-state index in [9.17, 15) is 4.79 Å². The van der Waals surface area contributed by atoms with Crippen LogP contribution in [0.1, 0.15) is 32.6 Å². The first-order valence-electron chi connectivity index (χ1n) is 9.71. The van der Waals surface area contributed by atoms with E-state index < -0.39 is 6.04 Å². The van der Waals surface area contributed by atoms with Crippen molar-refractivity contribution in [3.63, 3.8) is 0 Å². The van der Waals surface area contributed by atoms with E-state index >= 15 is 0 Å². The molecule has 1 fully saturated rings. The Hall–Kier alpha value is -2.66. The second-order valence-electron chi connectivity index (χ2n) is 7.68. The van der Waals surface area contributed by atoms with Crippen molar-refractivity contribution in [1.82, 2.24) is 9.38 Å². The molecule has 0 saturated heterocycles. The van der Waals surface area contributed by atoms with Crippen LogP contribution >= 0.6 is 0 Å². The average Bonchev–Trinajstić information content (AvgIpc) is 3.17. The molecule has 1 aliphatic rings. The van der Waals surface area contributed by atoms with Gasteiger partial charge in [0.15, 0.2) is 0 Å². The summed E-state index contributed by atoms with van der Waals surface area (Å²) in [6, 6.07) is 13.5. The lowest BCUT2D eigenvalue weighted by Crippen LogP contribution is -2.43. The van der Waals surface area contributed by atoms with Crippen LogP contribution in [0.15, 0.2) is 54.9 Å². The van der Waals surface area contributed by atoms with Crippen LogP contribution in [0, 0.1) is 11.8 Å². The predicted octanol–water partition coefficient (Wildman–Crippen LogP) is 4.09. The zero-order valence-electron chi connectivity index (χ0n) is 15.6. The number of benzene rings is 1. The van der Waals surface area contributed by atoms with Crippen molar-refractivity contribution in [1.29, 1.82) is 0 Å². The Kier molecular flexibility index (Phi) is 4.94. The third kappa shape index (κ3) is 3.74. The van der Waals surface area contributed by atoms with Gasteiger partial charge in [0.25, 0.3) is 0 Å². The molecule has 1 atom stereocenters. The SMILES string of the molecule is CC1CCC(C(N)C(=O)Nc2ccc(-c3cccc4nccn34)cc2)CC1. The number of carbonyl (C=O) groups is 1. The number of hydrogen-bond donors (Lipinski definition) is 2. The summed E-state index contributed by atoms with van der Waals surface area (Å²) in [6.07, 6.45) is 8.17. The summed E-state index contributed by atoms with van der Waals surface area (Å²) in [5.41, 5.74) is 10.1. The molecule has 3 aromatic rings. The van der Waals surface area contributed by atoms with E-state index in [0.717, 1.165) is 41.4 Å². The Balaban J connectivity index is 1.45. The molecule has 140 valence electrons. The molecule has 1 unspecified atom stereocenters. The highest BCUT2D eigenvalue weighted by Gasteiger charge is 2.28. The number of hydrogen-bond acceptors (Lipinski definition) is 3. The molecule has 2 aromatic heterocycles. The number of amides is 1. The number of aromatic nitrogens is 2. The third-order valence-corrected chi connectivity index (χ3v) is 5.75. The number of carbonyl (C=O) groups excluding carboxylic acids is 1. The number of nitrogens with two attached hydrogens (primary N) is 1. The van der Waals surface area contributed by atoms with Crippen molar-refractivity contribution in [2.24, 2.45) is 17.6 Å². The van der Waals surface area contributed by atoms with E-state index in [-0.39, 0.29) is 5.91 Å². The molecule has 1 aromatic carbocycles. The second-order valence-corrected chi connectivity index (χ2v) is 7.68. The van der Waals surface area contributed by atoms with Gasteiger partial charge < -0.3 is 11.1 Å². The van der Waals surface area contributed by atoms with Crippen LogP contribution in [-0.4, -0.2) is 21.3 Å². The summed E-state index contributed by atoms with van der Waals surface area (Å²) in [6.45, 7) is 2.27. The predicted molar refractivity (Wildman–Crippen MR) is 108 cm³/mol. The first kappa shape index (κ1) is 17.7. The summed E-state index contributed by atoms with van der Waals surface area (Å²) in [5, 5.41) is 2.98. The smallest absolute Gasteiger partial charge is 0.241 e. The first-order chi connectivity index (χ1) is 13.1. The van der Waals surface area contributed by atoms with Gasteiger partial charge in [-0.2, -0.15) is 0 Å². The van der Waals surface area contributed by atoms with Crippen LogP contribution in [-0.2, 0) is 4.79 Å². The van der Waals surface area contributed by atoms with Gasteiger partial charge >= 0.3 is 0 Å². The molecule has 1 amide bonds. The fourth-order valence-corrected chi connectivity index (χ4v) is 3.99. The quantitative estimate of drug-likeness (QED) is 0.734. The second kappa shape index (κ2) is 7.53. The number of rotatable bonds is 4. The maximum atomic E-state index is 12.5. The molecule has 0 aliphatic heterocycles.